The van der Waals surface area contributed by atoms with Gasteiger partial charge in [-0.1, -0.05) is 37.3 Å². The second-order valence-corrected chi connectivity index (χ2v) is 3.47. The van der Waals surface area contributed by atoms with E-state index in [1.807, 2.05) is 13.0 Å². The highest BCUT2D eigenvalue weighted by Gasteiger charge is 1.97. The first-order valence-corrected chi connectivity index (χ1v) is 5.28. The molecule has 0 radical (unpaired) electrons. The van der Waals surface area contributed by atoms with E-state index in [1.54, 1.807) is 0 Å². The molecule has 1 aromatic carbocycles. The van der Waals surface area contributed by atoms with Gasteiger partial charge in [-0.05, 0) is 31.4 Å². The van der Waals surface area contributed by atoms with Crippen LogP contribution in [0.2, 0.25) is 0 Å². The summed E-state index contributed by atoms with van der Waals surface area (Å²) >= 11 is 0. The molecule has 78 valence electrons. The van der Waals surface area contributed by atoms with Crippen LogP contribution in [0, 0.1) is 0 Å². The molecule has 1 unspecified atom stereocenters. The number of hydrogen-bond acceptors (Lipinski definition) is 2. The quantitative estimate of drug-likeness (QED) is 0.534. The summed E-state index contributed by atoms with van der Waals surface area (Å²) in [5.74, 6) is 0. The van der Waals surface area contributed by atoms with Gasteiger partial charge in [0, 0.05) is 0 Å². The second kappa shape index (κ2) is 6.57. The average Bonchev–Trinajstić information content (AvgIpc) is 2.25. The molecular formula is C12H19NO. The third kappa shape index (κ3) is 4.40. The van der Waals surface area contributed by atoms with E-state index in [1.165, 1.54) is 5.56 Å². The van der Waals surface area contributed by atoms with Crippen LogP contribution in [0.4, 0.5) is 0 Å². The van der Waals surface area contributed by atoms with E-state index in [-0.39, 0.29) is 6.23 Å². The third-order valence-electron chi connectivity index (χ3n) is 2.25. The Kier molecular flexibility index (Phi) is 5.27. The summed E-state index contributed by atoms with van der Waals surface area (Å²) in [4.78, 5) is 0. The zero-order chi connectivity index (χ0) is 10.2. The van der Waals surface area contributed by atoms with Gasteiger partial charge in [0.25, 0.3) is 0 Å². The smallest absolute Gasteiger partial charge is 0.104 e. The van der Waals surface area contributed by atoms with Crippen LogP contribution in [0.15, 0.2) is 30.3 Å². The number of aryl methyl sites for hydroxylation is 1. The lowest BCUT2D eigenvalue weighted by Crippen LogP contribution is -2.28. The molecular weight excluding hydrogens is 174 g/mol. The van der Waals surface area contributed by atoms with Crippen LogP contribution in [0.5, 0.6) is 0 Å². The van der Waals surface area contributed by atoms with E-state index in [0.717, 1.165) is 25.8 Å². The highest BCUT2D eigenvalue weighted by Crippen LogP contribution is 2.01. The summed E-state index contributed by atoms with van der Waals surface area (Å²) in [6, 6.07) is 10.4. The van der Waals surface area contributed by atoms with Gasteiger partial charge < -0.3 is 5.11 Å². The maximum Gasteiger partial charge on any atom is 0.104 e. The Morgan fingerprint density at radius 3 is 2.64 bits per heavy atom. The predicted molar refractivity (Wildman–Crippen MR) is 59.1 cm³/mol. The van der Waals surface area contributed by atoms with Gasteiger partial charge in [0.2, 0.25) is 0 Å². The highest BCUT2D eigenvalue weighted by molar-refractivity contribution is 5.14. The largest absolute Gasteiger partial charge is 0.379 e. The van der Waals surface area contributed by atoms with E-state index in [9.17, 15) is 5.11 Å². The molecule has 0 amide bonds. The normalized spacial score (nSPS) is 12.7. The minimum absolute atomic E-state index is 0.342. The van der Waals surface area contributed by atoms with Crippen LogP contribution in [0.3, 0.4) is 0 Å². The molecule has 2 heteroatoms. The lowest BCUT2D eigenvalue weighted by atomic mass is 10.1. The summed E-state index contributed by atoms with van der Waals surface area (Å²) in [6.07, 6.45) is 2.57. The number of nitrogens with one attached hydrogen (secondary N) is 1. The molecule has 1 aromatic rings. The average molecular weight is 193 g/mol. The number of benzene rings is 1. The van der Waals surface area contributed by atoms with Gasteiger partial charge in [-0.2, -0.15) is 0 Å². The van der Waals surface area contributed by atoms with Gasteiger partial charge in [0.05, 0.1) is 0 Å². The summed E-state index contributed by atoms with van der Waals surface area (Å²) in [7, 11) is 0. The third-order valence-corrected chi connectivity index (χ3v) is 2.25. The summed E-state index contributed by atoms with van der Waals surface area (Å²) < 4.78 is 0. The van der Waals surface area contributed by atoms with Crippen molar-refractivity contribution in [1.82, 2.24) is 5.32 Å². The lowest BCUT2D eigenvalue weighted by Gasteiger charge is -2.09. The first-order valence-electron chi connectivity index (χ1n) is 5.28. The highest BCUT2D eigenvalue weighted by atomic mass is 16.3. The Hall–Kier alpha value is -0.860. The Labute approximate surface area is 86.0 Å². The SMILES string of the molecule is CCC(O)NCCCc1ccccc1. The van der Waals surface area contributed by atoms with Crippen LogP contribution in [0.25, 0.3) is 0 Å². The monoisotopic (exact) mass is 193 g/mol. The van der Waals surface area contributed by atoms with Crippen LogP contribution in [-0.2, 0) is 6.42 Å². The number of rotatable bonds is 6. The Balaban J connectivity index is 2.10. The first-order chi connectivity index (χ1) is 6.83. The van der Waals surface area contributed by atoms with Crippen molar-refractivity contribution in [2.45, 2.75) is 32.4 Å². The van der Waals surface area contributed by atoms with Crippen LogP contribution < -0.4 is 5.32 Å². The molecule has 0 bridgehead atoms. The number of aliphatic hydroxyl groups excluding tert-OH is 1. The summed E-state index contributed by atoms with van der Waals surface area (Å²) in [6.45, 7) is 2.85. The van der Waals surface area contributed by atoms with E-state index in [4.69, 9.17) is 0 Å². The molecule has 0 aliphatic carbocycles. The van der Waals surface area contributed by atoms with Crippen LogP contribution in [0.1, 0.15) is 25.3 Å². The van der Waals surface area contributed by atoms with Crippen molar-refractivity contribution in [1.29, 1.82) is 0 Å². The molecule has 14 heavy (non-hydrogen) atoms. The molecule has 2 N–H and O–H groups in total. The maximum atomic E-state index is 9.24. The molecule has 1 atom stereocenters. The molecule has 2 nitrogen and oxygen atoms in total. The molecule has 0 heterocycles. The standard InChI is InChI=1S/C12H19NO/c1-2-12(14)13-10-6-9-11-7-4-3-5-8-11/h3-5,7-8,12-14H,2,6,9-10H2,1H3. The van der Waals surface area contributed by atoms with Gasteiger partial charge in [0.1, 0.15) is 6.23 Å². The molecule has 0 saturated heterocycles. The zero-order valence-electron chi connectivity index (χ0n) is 8.74. The van der Waals surface area contributed by atoms with Crippen molar-refractivity contribution in [2.75, 3.05) is 6.54 Å². The van der Waals surface area contributed by atoms with Crippen LogP contribution >= 0.6 is 0 Å². The van der Waals surface area contributed by atoms with Crippen LogP contribution in [-0.4, -0.2) is 17.9 Å². The zero-order valence-corrected chi connectivity index (χ0v) is 8.74. The molecule has 0 fully saturated rings. The van der Waals surface area contributed by atoms with Gasteiger partial charge in [-0.25, -0.2) is 0 Å². The van der Waals surface area contributed by atoms with Crippen molar-refractivity contribution >= 4 is 0 Å². The van der Waals surface area contributed by atoms with Gasteiger partial charge in [-0.3, -0.25) is 5.32 Å². The Morgan fingerprint density at radius 2 is 2.00 bits per heavy atom. The van der Waals surface area contributed by atoms with Gasteiger partial charge in [0.15, 0.2) is 0 Å². The molecule has 0 aliphatic rings. The fourth-order valence-electron chi connectivity index (χ4n) is 1.35. The van der Waals surface area contributed by atoms with Crippen molar-refractivity contribution in [3.63, 3.8) is 0 Å². The maximum absolute atomic E-state index is 9.24. The van der Waals surface area contributed by atoms with Crippen molar-refractivity contribution in [2.24, 2.45) is 0 Å². The number of aliphatic hydroxyl groups is 1. The van der Waals surface area contributed by atoms with E-state index >= 15 is 0 Å². The molecule has 0 aromatic heterocycles. The van der Waals surface area contributed by atoms with E-state index < -0.39 is 0 Å². The summed E-state index contributed by atoms with van der Waals surface area (Å²) in [5, 5.41) is 12.3. The van der Waals surface area contributed by atoms with E-state index in [0.29, 0.717) is 0 Å². The van der Waals surface area contributed by atoms with Crippen molar-refractivity contribution in [3.8, 4) is 0 Å². The van der Waals surface area contributed by atoms with Gasteiger partial charge in [-0.15, -0.1) is 0 Å². The topological polar surface area (TPSA) is 32.3 Å². The fourth-order valence-corrected chi connectivity index (χ4v) is 1.35. The van der Waals surface area contributed by atoms with E-state index in [2.05, 4.69) is 29.6 Å². The lowest BCUT2D eigenvalue weighted by molar-refractivity contribution is 0.133. The Morgan fingerprint density at radius 1 is 1.29 bits per heavy atom. The first kappa shape index (κ1) is 11.2. The Bertz CT molecular complexity index is 235. The molecule has 0 aliphatic heterocycles. The van der Waals surface area contributed by atoms with Crippen molar-refractivity contribution in [3.05, 3.63) is 35.9 Å². The minimum Gasteiger partial charge on any atom is -0.379 e. The van der Waals surface area contributed by atoms with Gasteiger partial charge >= 0.3 is 0 Å². The molecule has 0 saturated carbocycles. The summed E-state index contributed by atoms with van der Waals surface area (Å²) in [5.41, 5.74) is 1.36. The predicted octanol–water partition coefficient (Wildman–Crippen LogP) is 1.94. The molecule has 0 spiro atoms. The molecule has 1 rings (SSSR count). The minimum atomic E-state index is -0.342. The second-order valence-electron chi connectivity index (χ2n) is 3.47. The van der Waals surface area contributed by atoms with Crippen molar-refractivity contribution < 1.29 is 5.11 Å². The fraction of sp³-hybridized carbons (Fsp3) is 0.500. The number of hydrogen-bond donors (Lipinski definition) is 2.